The lowest BCUT2D eigenvalue weighted by Crippen LogP contribution is -2.26. The highest BCUT2D eigenvalue weighted by Gasteiger charge is 2.38. The molecule has 35 heavy (non-hydrogen) atoms. The molecule has 9 heteroatoms. The van der Waals surface area contributed by atoms with Crippen LogP contribution < -0.4 is 10.6 Å². The number of thiophene rings is 1. The van der Waals surface area contributed by atoms with Crippen LogP contribution in [0.25, 0.3) is 0 Å². The molecule has 7 nitrogen and oxygen atoms in total. The summed E-state index contributed by atoms with van der Waals surface area (Å²) < 4.78 is 0.522. The largest absolute Gasteiger partial charge is 0.381 e. The minimum atomic E-state index is -1.08. The van der Waals surface area contributed by atoms with Crippen molar-refractivity contribution in [2.24, 2.45) is 0 Å². The summed E-state index contributed by atoms with van der Waals surface area (Å²) in [6.07, 6.45) is 1.38. The first-order valence-corrected chi connectivity index (χ1v) is 12.2. The average molecular weight is 507 g/mol. The van der Waals surface area contributed by atoms with Gasteiger partial charge in [0, 0.05) is 48.0 Å². The average Bonchev–Trinajstić information content (AvgIpc) is 3.41. The van der Waals surface area contributed by atoms with Crippen molar-refractivity contribution in [1.82, 2.24) is 9.88 Å². The molecule has 3 heterocycles. The number of aromatic nitrogens is 1. The zero-order valence-electron chi connectivity index (χ0n) is 18.6. The number of halogens is 1. The monoisotopic (exact) mass is 506 g/mol. The van der Waals surface area contributed by atoms with Crippen LogP contribution in [0.15, 0.2) is 79.1 Å². The van der Waals surface area contributed by atoms with E-state index in [1.807, 2.05) is 36.4 Å². The van der Waals surface area contributed by atoms with Gasteiger partial charge in [0.1, 0.15) is 12.5 Å². The van der Waals surface area contributed by atoms with Crippen molar-refractivity contribution in [3.05, 3.63) is 111 Å². The molecule has 178 valence electrons. The van der Waals surface area contributed by atoms with Gasteiger partial charge < -0.3 is 20.8 Å². The number of nitrogens with zero attached hydrogens (tertiary/aromatic N) is 2. The molecule has 2 atom stereocenters. The number of nitrogens with one attached hydrogen (secondary N) is 2. The smallest absolute Gasteiger partial charge is 0.265 e. The maximum absolute atomic E-state index is 12.7. The Labute approximate surface area is 211 Å². The summed E-state index contributed by atoms with van der Waals surface area (Å²) in [6.45, 7) is 0.958. The summed E-state index contributed by atoms with van der Waals surface area (Å²) in [6, 6.07) is 20.3. The Morgan fingerprint density at radius 3 is 2.54 bits per heavy atom. The van der Waals surface area contributed by atoms with Gasteiger partial charge in [0.2, 0.25) is 0 Å². The van der Waals surface area contributed by atoms with Crippen molar-refractivity contribution >= 4 is 40.2 Å². The van der Waals surface area contributed by atoms with E-state index in [0.29, 0.717) is 39.1 Å². The van der Waals surface area contributed by atoms with Crippen molar-refractivity contribution in [3.8, 4) is 0 Å². The summed E-state index contributed by atoms with van der Waals surface area (Å²) in [5, 5.41) is 28.3. The van der Waals surface area contributed by atoms with Gasteiger partial charge in [-0.3, -0.25) is 9.78 Å². The van der Waals surface area contributed by atoms with Crippen molar-refractivity contribution in [2.75, 3.05) is 10.6 Å². The highest BCUT2D eigenvalue weighted by molar-refractivity contribution is 7.18. The molecule has 0 spiro atoms. The molecule has 2 unspecified atom stereocenters. The summed E-state index contributed by atoms with van der Waals surface area (Å²) in [7, 11) is 0. The minimum absolute atomic E-state index is 0.315. The zero-order valence-corrected chi connectivity index (χ0v) is 20.1. The molecule has 1 amide bonds. The fraction of sp³-hybridized carbons (Fsp3) is 0.154. The van der Waals surface area contributed by atoms with E-state index >= 15 is 0 Å². The van der Waals surface area contributed by atoms with Crippen LogP contribution in [0.2, 0.25) is 4.34 Å². The van der Waals surface area contributed by atoms with Crippen LogP contribution in [0.3, 0.4) is 0 Å². The molecule has 0 saturated heterocycles. The summed E-state index contributed by atoms with van der Waals surface area (Å²) in [5.74, 6) is -0.315. The second kappa shape index (κ2) is 10.2. The minimum Gasteiger partial charge on any atom is -0.381 e. The number of amides is 1. The third-order valence-corrected chi connectivity index (χ3v) is 7.11. The highest BCUT2D eigenvalue weighted by Crippen LogP contribution is 2.44. The normalized spacial score (nSPS) is 17.2. The van der Waals surface area contributed by atoms with Gasteiger partial charge in [0.05, 0.1) is 9.21 Å². The molecule has 1 aliphatic heterocycles. The molecular weight excluding hydrogens is 484 g/mol. The van der Waals surface area contributed by atoms with Crippen LogP contribution in [0.5, 0.6) is 0 Å². The molecule has 0 radical (unpaired) electrons. The molecule has 2 aromatic heterocycles. The van der Waals surface area contributed by atoms with Crippen molar-refractivity contribution in [3.63, 3.8) is 0 Å². The fourth-order valence-electron chi connectivity index (χ4n) is 4.20. The Balaban J connectivity index is 1.31. The Morgan fingerprint density at radius 1 is 1.00 bits per heavy atom. The highest BCUT2D eigenvalue weighted by atomic mass is 35.5. The molecule has 0 saturated carbocycles. The number of hydrogen-bond donors (Lipinski definition) is 4. The van der Waals surface area contributed by atoms with E-state index in [1.165, 1.54) is 11.3 Å². The fourth-order valence-corrected chi connectivity index (χ4v) is 5.14. The van der Waals surface area contributed by atoms with Crippen LogP contribution in [-0.4, -0.2) is 26.0 Å². The Morgan fingerprint density at radius 2 is 1.77 bits per heavy atom. The summed E-state index contributed by atoms with van der Waals surface area (Å²) >= 11 is 7.13. The number of anilines is 2. The molecule has 1 aliphatic rings. The summed E-state index contributed by atoms with van der Waals surface area (Å²) in [5.41, 5.74) is 4.51. The first-order valence-electron chi connectivity index (χ1n) is 11.0. The van der Waals surface area contributed by atoms with E-state index in [9.17, 15) is 15.0 Å². The van der Waals surface area contributed by atoms with E-state index < -0.39 is 12.5 Å². The topological polar surface area (TPSA) is 97.7 Å². The van der Waals surface area contributed by atoms with Crippen LogP contribution in [0.1, 0.15) is 44.4 Å². The molecule has 0 aliphatic carbocycles. The quantitative estimate of drug-likeness (QED) is 0.276. The number of aliphatic hydroxyl groups is 2. The predicted molar refractivity (Wildman–Crippen MR) is 137 cm³/mol. The van der Waals surface area contributed by atoms with E-state index in [4.69, 9.17) is 11.6 Å². The van der Waals surface area contributed by atoms with E-state index in [1.54, 1.807) is 47.6 Å². The molecule has 4 aromatic rings. The number of carbonyl (C=O) groups excluding carboxylic acids is 1. The van der Waals surface area contributed by atoms with Gasteiger partial charge in [0.15, 0.2) is 0 Å². The molecule has 5 rings (SSSR count). The number of carbonyl (C=O) groups is 1. The van der Waals surface area contributed by atoms with Crippen LogP contribution in [0, 0.1) is 0 Å². The Hall–Kier alpha value is -3.27. The van der Waals surface area contributed by atoms with Crippen LogP contribution >= 0.6 is 22.9 Å². The lowest BCUT2D eigenvalue weighted by Gasteiger charge is -2.24. The van der Waals surface area contributed by atoms with E-state index in [2.05, 4.69) is 15.6 Å². The van der Waals surface area contributed by atoms with Gasteiger partial charge in [-0.25, -0.2) is 4.90 Å². The van der Waals surface area contributed by atoms with Crippen molar-refractivity contribution in [2.45, 2.75) is 25.5 Å². The third kappa shape index (κ3) is 5.07. The second-order valence-corrected chi connectivity index (χ2v) is 9.91. The Bertz CT molecular complexity index is 1350. The van der Waals surface area contributed by atoms with Gasteiger partial charge in [-0.05, 0) is 41.5 Å². The lowest BCUT2D eigenvalue weighted by atomic mass is 10.1. The second-order valence-electron chi connectivity index (χ2n) is 8.20. The number of aliphatic hydroxyl groups excluding tert-OH is 2. The molecule has 2 aromatic carbocycles. The maximum Gasteiger partial charge on any atom is 0.265 e. The van der Waals surface area contributed by atoms with Crippen LogP contribution in [0.4, 0.5) is 11.4 Å². The van der Waals surface area contributed by atoms with Gasteiger partial charge >= 0.3 is 0 Å². The molecular formula is C26H23ClN4O3S. The van der Waals surface area contributed by atoms with Gasteiger partial charge in [0.25, 0.3) is 5.91 Å². The zero-order chi connectivity index (χ0) is 24.4. The third-order valence-electron chi connectivity index (χ3n) is 5.88. The Kier molecular flexibility index (Phi) is 6.81. The van der Waals surface area contributed by atoms with E-state index in [0.717, 1.165) is 16.8 Å². The van der Waals surface area contributed by atoms with Crippen LogP contribution in [-0.2, 0) is 13.1 Å². The first kappa shape index (κ1) is 23.5. The molecule has 0 bridgehead atoms. The molecule has 0 fully saturated rings. The first-order chi connectivity index (χ1) is 17.0. The number of pyridine rings is 1. The standard InChI is InChI=1S/C26H23ClN4O3S/c27-22-8-7-21(35-22)24(32)30-20-6-2-5-19-23(20)26(34)31(25(19)33)15-17-4-1-3-16(13-17)14-29-18-9-11-28-12-10-18/h1-13,25-26,33-34H,14-15H2,(H,28,29)(H,30,32). The van der Waals surface area contributed by atoms with Gasteiger partial charge in [-0.2, -0.15) is 0 Å². The number of fused-ring (bicyclic) bond motifs is 1. The SMILES string of the molecule is O=C(Nc1cccc2c1C(O)N(Cc1cccc(CNc3ccncc3)c1)C2O)c1ccc(Cl)s1. The molecule has 4 N–H and O–H groups in total. The number of benzene rings is 2. The summed E-state index contributed by atoms with van der Waals surface area (Å²) in [4.78, 5) is 18.7. The predicted octanol–water partition coefficient (Wildman–Crippen LogP) is 5.16. The number of rotatable bonds is 7. The maximum atomic E-state index is 12.7. The van der Waals surface area contributed by atoms with Crippen molar-refractivity contribution in [1.29, 1.82) is 0 Å². The number of hydrogen-bond acceptors (Lipinski definition) is 7. The van der Waals surface area contributed by atoms with E-state index in [-0.39, 0.29) is 5.91 Å². The van der Waals surface area contributed by atoms with Gasteiger partial charge in [-0.15, -0.1) is 11.3 Å². The van der Waals surface area contributed by atoms with Gasteiger partial charge in [-0.1, -0.05) is 48.0 Å². The van der Waals surface area contributed by atoms with Crippen molar-refractivity contribution < 1.29 is 15.0 Å². The lowest BCUT2D eigenvalue weighted by molar-refractivity contribution is -0.0900.